The second-order valence-electron chi connectivity index (χ2n) is 15.8. The molecule has 0 nitrogen and oxygen atoms in total. The summed E-state index contributed by atoms with van der Waals surface area (Å²) in [7, 11) is 0. The van der Waals surface area contributed by atoms with Crippen LogP contribution in [0.4, 0.5) is 0 Å². The van der Waals surface area contributed by atoms with Crippen LogP contribution in [0, 0.1) is 41.5 Å². The van der Waals surface area contributed by atoms with Crippen molar-refractivity contribution < 1.29 is 0 Å². The Bertz CT molecular complexity index is 3070. The first-order chi connectivity index (χ1) is 25.2. The summed E-state index contributed by atoms with van der Waals surface area (Å²) >= 11 is 0. The third-order valence-corrected chi connectivity index (χ3v) is 11.9. The van der Waals surface area contributed by atoms with Gasteiger partial charge < -0.3 is 0 Å². The van der Waals surface area contributed by atoms with E-state index >= 15 is 0 Å². The van der Waals surface area contributed by atoms with Crippen molar-refractivity contribution in [2.75, 3.05) is 0 Å². The highest BCUT2D eigenvalue weighted by Gasteiger charge is 2.20. The van der Waals surface area contributed by atoms with Crippen LogP contribution in [0.25, 0.3) is 108 Å². The molecule has 11 aromatic rings. The van der Waals surface area contributed by atoms with Crippen LogP contribution in [0.5, 0.6) is 0 Å². The van der Waals surface area contributed by atoms with Gasteiger partial charge in [-0.05, 0) is 185 Å². The van der Waals surface area contributed by atoms with E-state index in [-0.39, 0.29) is 0 Å². The molecule has 0 unspecified atom stereocenters. The van der Waals surface area contributed by atoms with Crippen molar-refractivity contribution in [2.45, 2.75) is 41.5 Å². The maximum atomic E-state index is 2.51. The topological polar surface area (TPSA) is 0 Å². The normalized spacial score (nSPS) is 12.4. The monoisotopic (exact) mass is 662 g/mol. The van der Waals surface area contributed by atoms with E-state index < -0.39 is 0 Å². The van der Waals surface area contributed by atoms with Crippen molar-refractivity contribution >= 4 is 86.2 Å². The van der Waals surface area contributed by atoms with Crippen molar-refractivity contribution in [1.82, 2.24) is 0 Å². The molecule has 0 amide bonds. The Morgan fingerprint density at radius 3 is 0.827 bits per heavy atom. The van der Waals surface area contributed by atoms with E-state index in [9.17, 15) is 0 Å². The van der Waals surface area contributed by atoms with Gasteiger partial charge in [-0.2, -0.15) is 0 Å². The minimum Gasteiger partial charge on any atom is -0.0563 e. The predicted molar refractivity (Wildman–Crippen MR) is 228 cm³/mol. The van der Waals surface area contributed by atoms with Crippen LogP contribution in [0.1, 0.15) is 33.4 Å². The molecule has 0 bridgehead atoms. The lowest BCUT2D eigenvalue weighted by atomic mass is 9.90. The zero-order valence-corrected chi connectivity index (χ0v) is 30.5. The van der Waals surface area contributed by atoms with Gasteiger partial charge in [0.2, 0.25) is 0 Å². The van der Waals surface area contributed by atoms with Crippen LogP contribution >= 0.6 is 0 Å². The molecule has 0 heteroatoms. The van der Waals surface area contributed by atoms with Gasteiger partial charge in [-0.15, -0.1) is 0 Å². The quantitative estimate of drug-likeness (QED) is 0.162. The molecule has 0 saturated carbocycles. The van der Waals surface area contributed by atoms with Gasteiger partial charge in [0, 0.05) is 0 Å². The van der Waals surface area contributed by atoms with Gasteiger partial charge in [-0.25, -0.2) is 0 Å². The van der Waals surface area contributed by atoms with Gasteiger partial charge in [0.25, 0.3) is 0 Å². The number of hydrogen-bond donors (Lipinski definition) is 0. The number of fused-ring (bicyclic) bond motifs is 11. The fourth-order valence-electron chi connectivity index (χ4n) is 9.92. The van der Waals surface area contributed by atoms with Crippen molar-refractivity contribution in [1.29, 1.82) is 0 Å². The molecule has 0 heterocycles. The van der Waals surface area contributed by atoms with E-state index in [0.29, 0.717) is 0 Å². The summed E-state index contributed by atoms with van der Waals surface area (Å²) in [5.74, 6) is 0. The van der Waals surface area contributed by atoms with Gasteiger partial charge >= 0.3 is 0 Å². The Kier molecular flexibility index (Phi) is 5.89. The van der Waals surface area contributed by atoms with Gasteiger partial charge in [0.15, 0.2) is 0 Å². The fourth-order valence-corrected chi connectivity index (χ4v) is 9.92. The van der Waals surface area contributed by atoms with Gasteiger partial charge in [-0.1, -0.05) is 119 Å². The highest BCUT2D eigenvalue weighted by Crippen LogP contribution is 2.48. The Morgan fingerprint density at radius 2 is 0.462 bits per heavy atom. The van der Waals surface area contributed by atoms with E-state index in [4.69, 9.17) is 0 Å². The summed E-state index contributed by atoms with van der Waals surface area (Å²) in [6, 6.07) is 47.5. The Balaban J connectivity index is 1.24. The van der Waals surface area contributed by atoms with Crippen LogP contribution in [0.2, 0.25) is 0 Å². The van der Waals surface area contributed by atoms with E-state index in [1.807, 2.05) is 0 Å². The van der Waals surface area contributed by atoms with E-state index in [1.54, 1.807) is 0 Å². The lowest BCUT2D eigenvalue weighted by molar-refractivity contribution is 1.38. The van der Waals surface area contributed by atoms with Crippen molar-refractivity contribution in [2.24, 2.45) is 0 Å². The standard InChI is InChI=1S/C52H38/c1-27-13-28(2)16-35(15-27)33-7-9-37-41(23-33)47-21-31(5)19-45-39-11-12-40-44(43(39)25-49(37)51(45)47)26-50-38-10-8-34(36-17-29(3)14-30(4)18-36)24-42(38)48-22-32(6)20-46(40)52(48)50/h7-26H,1-6H3. The molecule has 0 aliphatic rings. The average Bonchev–Trinajstić information content (AvgIpc) is 3.59. The van der Waals surface area contributed by atoms with Crippen LogP contribution < -0.4 is 0 Å². The maximum absolute atomic E-state index is 2.51. The van der Waals surface area contributed by atoms with Crippen molar-refractivity contribution in [3.63, 3.8) is 0 Å². The third kappa shape index (κ3) is 4.10. The highest BCUT2D eigenvalue weighted by molar-refractivity contribution is 6.40. The van der Waals surface area contributed by atoms with Crippen LogP contribution in [-0.2, 0) is 0 Å². The second kappa shape index (κ2) is 10.3. The molecular weight excluding hydrogens is 625 g/mol. The van der Waals surface area contributed by atoms with Crippen LogP contribution in [0.3, 0.4) is 0 Å². The Hall–Kier alpha value is -5.98. The molecule has 0 aromatic heterocycles. The first-order valence-electron chi connectivity index (χ1n) is 18.6. The minimum atomic E-state index is 1.28. The summed E-state index contributed by atoms with van der Waals surface area (Å²) in [5.41, 5.74) is 13.0. The summed E-state index contributed by atoms with van der Waals surface area (Å²) in [6.45, 7) is 13.3. The molecule has 0 spiro atoms. The van der Waals surface area contributed by atoms with Crippen molar-refractivity contribution in [3.8, 4) is 22.3 Å². The summed E-state index contributed by atoms with van der Waals surface area (Å²) in [5, 5.41) is 21.6. The molecule has 0 saturated heterocycles. The maximum Gasteiger partial charge on any atom is -0.00197 e. The Morgan fingerprint density at radius 1 is 0.192 bits per heavy atom. The third-order valence-electron chi connectivity index (χ3n) is 11.9. The molecule has 0 aliphatic heterocycles. The average molecular weight is 663 g/mol. The molecule has 11 rings (SSSR count). The summed E-state index contributed by atoms with van der Waals surface area (Å²) in [4.78, 5) is 0. The SMILES string of the molecule is Cc1cc(C)cc(-c2ccc3c(c2)c2cc(C)cc4c5ccc6c(cc7c8ccc(-c9cc(C)cc(C)c9)cc8c8cc(C)cc6c87)c5cc3c42)c1. The zero-order chi connectivity index (χ0) is 35.2. The van der Waals surface area contributed by atoms with E-state index in [2.05, 4.69) is 163 Å². The molecule has 0 N–H and O–H groups in total. The second-order valence-corrected chi connectivity index (χ2v) is 15.8. The van der Waals surface area contributed by atoms with Crippen molar-refractivity contribution in [3.05, 3.63) is 155 Å². The molecule has 0 atom stereocenters. The minimum absolute atomic E-state index is 1.28. The van der Waals surface area contributed by atoms with Crippen LogP contribution in [0.15, 0.2) is 121 Å². The number of benzene rings is 9. The number of rotatable bonds is 2. The fraction of sp³-hybridized carbons (Fsp3) is 0.115. The van der Waals surface area contributed by atoms with E-state index in [1.165, 1.54) is 142 Å². The molecule has 0 radical (unpaired) electrons. The van der Waals surface area contributed by atoms with E-state index in [0.717, 1.165) is 0 Å². The lowest BCUT2D eigenvalue weighted by Gasteiger charge is -2.13. The predicted octanol–water partition coefficient (Wildman–Crippen LogP) is 15.0. The highest BCUT2D eigenvalue weighted by atomic mass is 14.2. The lowest BCUT2D eigenvalue weighted by Crippen LogP contribution is -1.85. The summed E-state index contributed by atoms with van der Waals surface area (Å²) < 4.78 is 0. The smallest absolute Gasteiger partial charge is 0.00197 e. The number of hydrogen-bond acceptors (Lipinski definition) is 0. The first-order valence-corrected chi connectivity index (χ1v) is 18.6. The molecule has 11 aromatic carbocycles. The van der Waals surface area contributed by atoms with Gasteiger partial charge in [0.05, 0.1) is 0 Å². The molecule has 0 fully saturated rings. The molecule has 246 valence electrons. The molecular formula is C52H38. The van der Waals surface area contributed by atoms with Gasteiger partial charge in [-0.3, -0.25) is 0 Å². The summed E-state index contributed by atoms with van der Waals surface area (Å²) in [6.07, 6.45) is 0. The first kappa shape index (κ1) is 29.7. The number of aryl methyl sites for hydroxylation is 6. The zero-order valence-electron chi connectivity index (χ0n) is 30.5. The van der Waals surface area contributed by atoms with Gasteiger partial charge in [0.1, 0.15) is 0 Å². The molecule has 52 heavy (non-hydrogen) atoms. The Labute approximate surface area is 303 Å². The molecule has 0 aliphatic carbocycles. The van der Waals surface area contributed by atoms with Crippen LogP contribution in [-0.4, -0.2) is 0 Å². The largest absolute Gasteiger partial charge is 0.0563 e.